The van der Waals surface area contributed by atoms with Gasteiger partial charge in [0, 0.05) is 22.1 Å². The highest BCUT2D eigenvalue weighted by atomic mass is 35.5. The zero-order chi connectivity index (χ0) is 16.7. The summed E-state index contributed by atoms with van der Waals surface area (Å²) < 4.78 is 0. The van der Waals surface area contributed by atoms with Gasteiger partial charge in [-0.1, -0.05) is 11.6 Å². The molecule has 0 aromatic heterocycles. The molecule has 0 radical (unpaired) electrons. The third-order valence-electron chi connectivity index (χ3n) is 3.04. The van der Waals surface area contributed by atoms with Crippen LogP contribution in [0.1, 0.15) is 18.9 Å². The molecule has 0 unspecified atom stereocenters. The number of amides is 1. The molecule has 23 heavy (non-hydrogen) atoms. The van der Waals surface area contributed by atoms with Crippen LogP contribution in [0.15, 0.2) is 58.5 Å². The average Bonchev–Trinajstić information content (AvgIpc) is 2.55. The molecule has 1 amide bonds. The Morgan fingerprint density at radius 1 is 1.17 bits per heavy atom. The number of phenolic OH excluding ortho intramolecular Hbond substituents is 1. The summed E-state index contributed by atoms with van der Waals surface area (Å²) in [6.45, 7) is 1.80. The van der Waals surface area contributed by atoms with Crippen LogP contribution in [-0.2, 0) is 4.79 Å². The molecule has 2 N–H and O–H groups in total. The van der Waals surface area contributed by atoms with Crippen LogP contribution < -0.4 is 5.43 Å². The number of nitrogens with zero attached hydrogens (tertiary/aromatic N) is 1. The normalized spacial score (nSPS) is 11.3. The molecule has 0 heterocycles. The van der Waals surface area contributed by atoms with Crippen molar-refractivity contribution in [2.45, 2.75) is 18.2 Å². The van der Waals surface area contributed by atoms with E-state index in [1.54, 1.807) is 43.0 Å². The van der Waals surface area contributed by atoms with Gasteiger partial charge in [0.15, 0.2) is 0 Å². The maximum Gasteiger partial charge on any atom is 0.240 e. The standard InChI is InChI=1S/C17H17ClN2O2S/c1-12(13-2-6-15(21)7-3-13)19-20-17(22)10-11-23-16-8-4-14(18)5-9-16/h2-9,21H,10-11H2,1H3,(H,20,22)/b19-12-. The summed E-state index contributed by atoms with van der Waals surface area (Å²) in [4.78, 5) is 12.9. The molecule has 2 aromatic rings. The van der Waals surface area contributed by atoms with Gasteiger partial charge in [0.05, 0.1) is 5.71 Å². The van der Waals surface area contributed by atoms with Crippen LogP contribution in [0.5, 0.6) is 5.75 Å². The average molecular weight is 349 g/mol. The summed E-state index contributed by atoms with van der Waals surface area (Å²) in [5.74, 6) is 0.732. The molecule has 2 aromatic carbocycles. The fraction of sp³-hybridized carbons (Fsp3) is 0.176. The maximum absolute atomic E-state index is 11.8. The van der Waals surface area contributed by atoms with Gasteiger partial charge in [0.2, 0.25) is 5.91 Å². The Morgan fingerprint density at radius 3 is 2.48 bits per heavy atom. The lowest BCUT2D eigenvalue weighted by atomic mass is 10.1. The van der Waals surface area contributed by atoms with E-state index >= 15 is 0 Å². The minimum atomic E-state index is -0.135. The summed E-state index contributed by atoms with van der Waals surface area (Å²) in [5.41, 5.74) is 4.07. The summed E-state index contributed by atoms with van der Waals surface area (Å²) in [6.07, 6.45) is 0.375. The largest absolute Gasteiger partial charge is 0.508 e. The zero-order valence-electron chi connectivity index (χ0n) is 12.6. The van der Waals surface area contributed by atoms with E-state index in [4.69, 9.17) is 11.6 Å². The van der Waals surface area contributed by atoms with Crippen molar-refractivity contribution in [1.82, 2.24) is 5.43 Å². The molecule has 0 saturated carbocycles. The molecule has 0 aliphatic carbocycles. The second-order valence-corrected chi connectivity index (χ2v) is 6.44. The molecule has 0 fully saturated rings. The summed E-state index contributed by atoms with van der Waals surface area (Å²) in [5, 5.41) is 14.0. The van der Waals surface area contributed by atoms with E-state index in [0.29, 0.717) is 22.9 Å². The van der Waals surface area contributed by atoms with E-state index in [1.807, 2.05) is 24.3 Å². The number of carbonyl (C=O) groups excluding carboxylic acids is 1. The van der Waals surface area contributed by atoms with Crippen LogP contribution in [-0.4, -0.2) is 22.5 Å². The minimum absolute atomic E-state index is 0.135. The highest BCUT2D eigenvalue weighted by Gasteiger charge is 2.03. The number of phenols is 1. The van der Waals surface area contributed by atoms with Crippen molar-refractivity contribution in [1.29, 1.82) is 0 Å². The van der Waals surface area contributed by atoms with Crippen LogP contribution in [0.4, 0.5) is 0 Å². The van der Waals surface area contributed by atoms with Crippen molar-refractivity contribution in [3.63, 3.8) is 0 Å². The third-order valence-corrected chi connectivity index (χ3v) is 4.31. The fourth-order valence-corrected chi connectivity index (χ4v) is 2.74. The molecule has 6 heteroatoms. The zero-order valence-corrected chi connectivity index (χ0v) is 14.2. The Kier molecular flexibility index (Phi) is 6.50. The van der Waals surface area contributed by atoms with E-state index in [9.17, 15) is 9.90 Å². The number of hydrazone groups is 1. The van der Waals surface area contributed by atoms with Gasteiger partial charge in [-0.25, -0.2) is 5.43 Å². The molecule has 0 aliphatic rings. The molecule has 2 rings (SSSR count). The molecule has 120 valence electrons. The van der Waals surface area contributed by atoms with E-state index in [2.05, 4.69) is 10.5 Å². The monoisotopic (exact) mass is 348 g/mol. The van der Waals surface area contributed by atoms with E-state index < -0.39 is 0 Å². The lowest BCUT2D eigenvalue weighted by Crippen LogP contribution is -2.19. The number of rotatable bonds is 6. The summed E-state index contributed by atoms with van der Waals surface area (Å²) >= 11 is 7.42. The van der Waals surface area contributed by atoms with Gasteiger partial charge in [-0.2, -0.15) is 5.10 Å². The van der Waals surface area contributed by atoms with Crippen LogP contribution in [0.3, 0.4) is 0 Å². The maximum atomic E-state index is 11.8. The topological polar surface area (TPSA) is 61.7 Å². The van der Waals surface area contributed by atoms with Gasteiger partial charge in [-0.3, -0.25) is 4.79 Å². The number of nitrogens with one attached hydrogen (secondary N) is 1. The summed E-state index contributed by atoms with van der Waals surface area (Å²) in [7, 11) is 0. The predicted octanol–water partition coefficient (Wildman–Crippen LogP) is 4.07. The SMILES string of the molecule is C/C(=N/NC(=O)CCSc1ccc(Cl)cc1)c1ccc(O)cc1. The first-order chi connectivity index (χ1) is 11.0. The molecule has 0 aliphatic heterocycles. The van der Waals surface area contributed by atoms with Crippen LogP contribution in [0.2, 0.25) is 5.02 Å². The first-order valence-corrected chi connectivity index (χ1v) is 8.42. The first-order valence-electron chi connectivity index (χ1n) is 7.05. The van der Waals surface area contributed by atoms with Gasteiger partial charge in [0.25, 0.3) is 0 Å². The van der Waals surface area contributed by atoms with E-state index in [0.717, 1.165) is 10.5 Å². The summed E-state index contributed by atoms with van der Waals surface area (Å²) in [6, 6.07) is 14.2. The van der Waals surface area contributed by atoms with Crippen molar-refractivity contribution < 1.29 is 9.90 Å². The van der Waals surface area contributed by atoms with Gasteiger partial charge in [0.1, 0.15) is 5.75 Å². The molecule has 0 saturated heterocycles. The van der Waals surface area contributed by atoms with Gasteiger partial charge in [-0.15, -0.1) is 11.8 Å². The number of carbonyl (C=O) groups is 1. The molecule has 0 atom stereocenters. The second kappa shape index (κ2) is 8.60. The highest BCUT2D eigenvalue weighted by Crippen LogP contribution is 2.20. The lowest BCUT2D eigenvalue weighted by Gasteiger charge is -2.04. The van der Waals surface area contributed by atoms with Crippen molar-refractivity contribution in [3.05, 3.63) is 59.1 Å². The predicted molar refractivity (Wildman–Crippen MR) is 95.3 cm³/mol. The number of thioether (sulfide) groups is 1. The quantitative estimate of drug-likeness (QED) is 0.470. The number of benzene rings is 2. The van der Waals surface area contributed by atoms with Crippen LogP contribution in [0, 0.1) is 0 Å². The highest BCUT2D eigenvalue weighted by molar-refractivity contribution is 7.99. The molecule has 4 nitrogen and oxygen atoms in total. The number of halogens is 1. The van der Waals surface area contributed by atoms with E-state index in [-0.39, 0.29) is 11.7 Å². The van der Waals surface area contributed by atoms with Gasteiger partial charge >= 0.3 is 0 Å². The van der Waals surface area contributed by atoms with E-state index in [1.165, 1.54) is 0 Å². The number of hydrogen-bond donors (Lipinski definition) is 2. The second-order valence-electron chi connectivity index (χ2n) is 4.83. The molecular formula is C17H17ClN2O2S. The Labute approximate surface area is 144 Å². The van der Waals surface area contributed by atoms with Crippen molar-refractivity contribution in [2.24, 2.45) is 5.10 Å². The molecule has 0 spiro atoms. The fourth-order valence-electron chi connectivity index (χ4n) is 1.76. The Balaban J connectivity index is 1.77. The number of hydrogen-bond acceptors (Lipinski definition) is 4. The third kappa shape index (κ3) is 5.96. The number of aromatic hydroxyl groups is 1. The van der Waals surface area contributed by atoms with Crippen LogP contribution >= 0.6 is 23.4 Å². The Hall–Kier alpha value is -1.98. The molecular weight excluding hydrogens is 332 g/mol. The van der Waals surface area contributed by atoms with Gasteiger partial charge < -0.3 is 5.11 Å². The van der Waals surface area contributed by atoms with Crippen LogP contribution in [0.25, 0.3) is 0 Å². The molecule has 0 bridgehead atoms. The first kappa shape index (κ1) is 17.4. The van der Waals surface area contributed by atoms with Crippen molar-refractivity contribution in [3.8, 4) is 5.75 Å². The minimum Gasteiger partial charge on any atom is -0.508 e. The Bertz CT molecular complexity index is 685. The Morgan fingerprint density at radius 2 is 1.83 bits per heavy atom. The van der Waals surface area contributed by atoms with Gasteiger partial charge in [-0.05, 0) is 61.0 Å². The van der Waals surface area contributed by atoms with Crippen molar-refractivity contribution >= 4 is 35.0 Å². The smallest absolute Gasteiger partial charge is 0.240 e. The van der Waals surface area contributed by atoms with Crippen molar-refractivity contribution in [2.75, 3.05) is 5.75 Å². The lowest BCUT2D eigenvalue weighted by molar-refractivity contribution is -0.120.